The second-order valence-corrected chi connectivity index (χ2v) is 2.26. The molecule has 0 aliphatic carbocycles. The lowest BCUT2D eigenvalue weighted by Gasteiger charge is -1.84. The van der Waals surface area contributed by atoms with E-state index in [1.54, 1.807) is 13.8 Å². The van der Waals surface area contributed by atoms with E-state index in [0.717, 1.165) is 0 Å². The fourth-order valence-corrected chi connectivity index (χ4v) is 0.421. The van der Waals surface area contributed by atoms with Gasteiger partial charge < -0.3 is 10.2 Å². The normalized spacial score (nSPS) is 14.0. The van der Waals surface area contributed by atoms with Gasteiger partial charge in [-0.15, -0.1) is 0 Å². The molecule has 0 rings (SSSR count). The van der Waals surface area contributed by atoms with Crippen molar-refractivity contribution in [2.45, 2.75) is 26.1 Å². The molecule has 64 valence electrons. The van der Waals surface area contributed by atoms with Gasteiger partial charge in [-0.05, 0) is 26.0 Å². The summed E-state index contributed by atoms with van der Waals surface area (Å²) in [4.78, 5) is 0. The maximum absolute atomic E-state index is 8.71. The third-order valence-electron chi connectivity index (χ3n) is 0.834. The molecule has 2 heteroatoms. The van der Waals surface area contributed by atoms with Crippen LogP contribution in [0.1, 0.15) is 13.8 Å². The molecule has 0 unspecified atom stereocenters. The summed E-state index contributed by atoms with van der Waals surface area (Å²) in [7, 11) is 0. The molecule has 0 saturated carbocycles. The van der Waals surface area contributed by atoms with Gasteiger partial charge in [0.15, 0.2) is 0 Å². The van der Waals surface area contributed by atoms with Gasteiger partial charge in [-0.25, -0.2) is 0 Å². The van der Waals surface area contributed by atoms with E-state index >= 15 is 0 Å². The molecule has 0 aromatic rings. The minimum Gasteiger partial charge on any atom is -0.381 e. The van der Waals surface area contributed by atoms with Crippen LogP contribution in [-0.4, -0.2) is 22.4 Å². The van der Waals surface area contributed by atoms with Gasteiger partial charge in [0.25, 0.3) is 0 Å². The highest BCUT2D eigenvalue weighted by molar-refractivity contribution is 5.26. The van der Waals surface area contributed by atoms with E-state index in [4.69, 9.17) is 10.2 Å². The summed E-state index contributed by atoms with van der Waals surface area (Å²) in [6.07, 6.45) is 1.84. The van der Waals surface area contributed by atoms with Crippen LogP contribution in [-0.2, 0) is 0 Å². The summed E-state index contributed by atoms with van der Waals surface area (Å²) in [5.74, 6) is 10.2. The van der Waals surface area contributed by atoms with Gasteiger partial charge in [-0.3, -0.25) is 0 Å². The Balaban J connectivity index is 3.83. The topological polar surface area (TPSA) is 40.5 Å². The van der Waals surface area contributed by atoms with Crippen LogP contribution in [0.15, 0.2) is 12.2 Å². The summed E-state index contributed by atoms with van der Waals surface area (Å²) >= 11 is 0. The van der Waals surface area contributed by atoms with Gasteiger partial charge in [0.05, 0.1) is 0 Å². The van der Waals surface area contributed by atoms with Gasteiger partial charge >= 0.3 is 0 Å². The zero-order chi connectivity index (χ0) is 9.40. The van der Waals surface area contributed by atoms with E-state index in [9.17, 15) is 0 Å². The van der Waals surface area contributed by atoms with E-state index in [-0.39, 0.29) is 0 Å². The highest BCUT2D eigenvalue weighted by atomic mass is 16.3. The Morgan fingerprint density at radius 3 is 1.50 bits per heavy atom. The first-order valence-corrected chi connectivity index (χ1v) is 3.66. The van der Waals surface area contributed by atoms with Crippen molar-refractivity contribution in [1.82, 2.24) is 0 Å². The fourth-order valence-electron chi connectivity index (χ4n) is 0.421. The molecular formula is C10H12O2. The largest absolute Gasteiger partial charge is 0.381 e. The molecule has 0 amide bonds. The monoisotopic (exact) mass is 164 g/mol. The second kappa shape index (κ2) is 6.49. The standard InChI is InChI=1S/C10H12O2/c1-9(11)7-5-3-4-6-8-10(2)12/h3-4,9-12H,1-2H3/b4-3+/t9-,10-/m0/s1. The lowest BCUT2D eigenvalue weighted by atomic mass is 10.3. The first-order chi connectivity index (χ1) is 5.63. The van der Waals surface area contributed by atoms with Crippen LogP contribution in [0.25, 0.3) is 0 Å². The van der Waals surface area contributed by atoms with Gasteiger partial charge in [-0.1, -0.05) is 23.7 Å². The maximum Gasteiger partial charge on any atom is 0.112 e. The molecule has 0 aromatic carbocycles. The van der Waals surface area contributed by atoms with Crippen molar-refractivity contribution in [3.05, 3.63) is 12.2 Å². The fraction of sp³-hybridized carbons (Fsp3) is 0.400. The van der Waals surface area contributed by atoms with Crippen molar-refractivity contribution >= 4 is 0 Å². The SMILES string of the molecule is C[C@H](O)C#C/C=C/C#C[C@H](C)O. The quantitative estimate of drug-likeness (QED) is 0.506. The van der Waals surface area contributed by atoms with Crippen LogP contribution >= 0.6 is 0 Å². The molecule has 0 radical (unpaired) electrons. The van der Waals surface area contributed by atoms with E-state index < -0.39 is 12.2 Å². The Kier molecular flexibility index (Phi) is 5.83. The van der Waals surface area contributed by atoms with Crippen LogP contribution in [0.3, 0.4) is 0 Å². The summed E-state index contributed by atoms with van der Waals surface area (Å²) in [6.45, 7) is 3.17. The molecular weight excluding hydrogens is 152 g/mol. The second-order valence-electron chi connectivity index (χ2n) is 2.26. The molecule has 0 fully saturated rings. The highest BCUT2D eigenvalue weighted by Crippen LogP contribution is 1.75. The first-order valence-electron chi connectivity index (χ1n) is 3.66. The first kappa shape index (κ1) is 10.8. The predicted molar refractivity (Wildman–Crippen MR) is 48.1 cm³/mol. The van der Waals surface area contributed by atoms with Crippen LogP contribution in [0, 0.1) is 23.7 Å². The molecule has 0 aromatic heterocycles. The van der Waals surface area contributed by atoms with E-state index in [0.29, 0.717) is 0 Å². The van der Waals surface area contributed by atoms with Crippen molar-refractivity contribution in [3.8, 4) is 23.7 Å². The third-order valence-corrected chi connectivity index (χ3v) is 0.834. The van der Waals surface area contributed by atoms with Crippen molar-refractivity contribution in [2.75, 3.05) is 0 Å². The molecule has 0 bridgehead atoms. The number of aliphatic hydroxyl groups is 2. The number of hydrogen-bond acceptors (Lipinski definition) is 2. The lowest BCUT2D eigenvalue weighted by molar-refractivity contribution is 0.253. The molecule has 2 nitrogen and oxygen atoms in total. The summed E-state index contributed by atoms with van der Waals surface area (Å²) in [5, 5.41) is 17.4. The molecule has 0 aliphatic rings. The minimum absolute atomic E-state index is 0.612. The van der Waals surface area contributed by atoms with Crippen molar-refractivity contribution in [1.29, 1.82) is 0 Å². The molecule has 0 saturated heterocycles. The maximum atomic E-state index is 8.71. The third kappa shape index (κ3) is 8.78. The Labute approximate surface area is 72.9 Å². The predicted octanol–water partition coefficient (Wildman–Crippen LogP) is 0.311. The van der Waals surface area contributed by atoms with Gasteiger partial charge in [0.1, 0.15) is 12.2 Å². The highest BCUT2D eigenvalue weighted by Gasteiger charge is 1.80. The molecule has 0 aliphatic heterocycles. The van der Waals surface area contributed by atoms with E-state index in [1.165, 1.54) is 12.2 Å². The summed E-state index contributed by atoms with van der Waals surface area (Å²) in [5.41, 5.74) is 0. The Hall–Kier alpha value is -1.22. The molecule has 2 N–H and O–H groups in total. The van der Waals surface area contributed by atoms with Crippen molar-refractivity contribution in [2.24, 2.45) is 0 Å². The summed E-state index contributed by atoms with van der Waals surface area (Å²) in [6, 6.07) is 0. The zero-order valence-corrected chi connectivity index (χ0v) is 7.20. The molecule has 12 heavy (non-hydrogen) atoms. The van der Waals surface area contributed by atoms with Crippen molar-refractivity contribution in [3.63, 3.8) is 0 Å². The Morgan fingerprint density at radius 2 is 1.25 bits per heavy atom. The van der Waals surface area contributed by atoms with E-state index in [1.807, 2.05) is 0 Å². The van der Waals surface area contributed by atoms with Gasteiger partial charge in [0.2, 0.25) is 0 Å². The number of rotatable bonds is 0. The Morgan fingerprint density at radius 1 is 0.917 bits per heavy atom. The smallest absolute Gasteiger partial charge is 0.112 e. The zero-order valence-electron chi connectivity index (χ0n) is 7.20. The average Bonchev–Trinajstić information content (AvgIpc) is 1.95. The minimum atomic E-state index is -0.612. The number of hydrogen-bond donors (Lipinski definition) is 2. The van der Waals surface area contributed by atoms with Crippen LogP contribution in [0.2, 0.25) is 0 Å². The number of aliphatic hydroxyl groups excluding tert-OH is 2. The van der Waals surface area contributed by atoms with Crippen molar-refractivity contribution < 1.29 is 10.2 Å². The molecule has 0 heterocycles. The van der Waals surface area contributed by atoms with Crippen LogP contribution < -0.4 is 0 Å². The van der Waals surface area contributed by atoms with Crippen LogP contribution in [0.4, 0.5) is 0 Å². The van der Waals surface area contributed by atoms with Gasteiger partial charge in [-0.2, -0.15) is 0 Å². The number of allylic oxidation sites excluding steroid dienone is 2. The van der Waals surface area contributed by atoms with Crippen LogP contribution in [0.5, 0.6) is 0 Å². The van der Waals surface area contributed by atoms with Gasteiger partial charge in [0, 0.05) is 0 Å². The van der Waals surface area contributed by atoms with E-state index in [2.05, 4.69) is 23.7 Å². The lowest BCUT2D eigenvalue weighted by Crippen LogP contribution is -1.92. The molecule has 2 atom stereocenters. The average molecular weight is 164 g/mol. The summed E-state index contributed by atoms with van der Waals surface area (Å²) < 4.78 is 0. The Bertz CT molecular complexity index is 225. The molecule has 0 spiro atoms.